The summed E-state index contributed by atoms with van der Waals surface area (Å²) >= 11 is 0. The molecule has 0 amide bonds. The largest absolute Gasteiger partial charge is 0.496 e. The minimum Gasteiger partial charge on any atom is -0.496 e. The van der Waals surface area contributed by atoms with E-state index in [1.807, 2.05) is 24.3 Å². The first-order valence-electron chi connectivity index (χ1n) is 6.05. The highest BCUT2D eigenvalue weighted by atomic mass is 16.5. The molecule has 1 N–H and O–H groups in total. The van der Waals surface area contributed by atoms with Crippen molar-refractivity contribution in [3.8, 4) is 5.75 Å². The second-order valence-corrected chi connectivity index (χ2v) is 4.34. The normalized spacial score (nSPS) is 16.8. The van der Waals surface area contributed by atoms with Gasteiger partial charge in [-0.15, -0.1) is 0 Å². The molecule has 3 nitrogen and oxygen atoms in total. The maximum absolute atomic E-state index is 11.7. The van der Waals surface area contributed by atoms with Crippen molar-refractivity contribution in [1.82, 2.24) is 0 Å². The maximum atomic E-state index is 11.7. The summed E-state index contributed by atoms with van der Waals surface area (Å²) in [4.78, 5) is 11.7. The lowest BCUT2D eigenvalue weighted by Gasteiger charge is -2.07. The summed E-state index contributed by atoms with van der Waals surface area (Å²) in [6, 6.07) is 7.48. The lowest BCUT2D eigenvalue weighted by molar-refractivity contribution is -0.112. The summed E-state index contributed by atoms with van der Waals surface area (Å²) in [6.45, 7) is 3.66. The first-order valence-corrected chi connectivity index (χ1v) is 6.05. The number of ether oxygens (including phenoxy) is 1. The van der Waals surface area contributed by atoms with Crippen molar-refractivity contribution in [2.45, 2.75) is 12.5 Å². The van der Waals surface area contributed by atoms with Crippen LogP contribution >= 0.6 is 0 Å². The van der Waals surface area contributed by atoms with Crippen molar-refractivity contribution in [2.75, 3.05) is 7.11 Å². The van der Waals surface area contributed by atoms with Gasteiger partial charge in [-0.3, -0.25) is 4.79 Å². The molecule has 0 radical (unpaired) electrons. The van der Waals surface area contributed by atoms with E-state index in [0.29, 0.717) is 17.6 Å². The number of hydrogen-bond donors (Lipinski definition) is 1. The Hall–Kier alpha value is -2.13. The van der Waals surface area contributed by atoms with E-state index in [4.69, 9.17) is 4.74 Å². The van der Waals surface area contributed by atoms with Crippen molar-refractivity contribution >= 4 is 11.9 Å². The number of rotatable bonds is 4. The third-order valence-electron chi connectivity index (χ3n) is 3.07. The predicted molar refractivity (Wildman–Crippen MR) is 74.9 cm³/mol. The van der Waals surface area contributed by atoms with Crippen molar-refractivity contribution in [3.63, 3.8) is 0 Å². The van der Waals surface area contributed by atoms with Gasteiger partial charge in [0.05, 0.1) is 7.11 Å². The first-order chi connectivity index (χ1) is 9.13. The fraction of sp³-hybridized carbons (Fsp3) is 0.188. The highest BCUT2D eigenvalue weighted by Crippen LogP contribution is 2.24. The quantitative estimate of drug-likeness (QED) is 0.842. The van der Waals surface area contributed by atoms with Crippen LogP contribution in [0.15, 0.2) is 54.1 Å². The summed E-state index contributed by atoms with van der Waals surface area (Å²) in [7, 11) is 1.59. The number of ketones is 1. The number of benzene rings is 1. The predicted octanol–water partition coefficient (Wildman–Crippen LogP) is 2.52. The number of methoxy groups -OCH3 is 1. The summed E-state index contributed by atoms with van der Waals surface area (Å²) in [5.41, 5.74) is 1.78. The van der Waals surface area contributed by atoms with Gasteiger partial charge < -0.3 is 9.84 Å². The fourth-order valence-corrected chi connectivity index (χ4v) is 1.98. The molecule has 0 bridgehead atoms. The SMILES string of the molecule is C=C1CC=C(C(O)/C=C/c2ccccc2OC)C1=O. The number of carbonyl (C=O) groups is 1. The minimum atomic E-state index is -0.906. The number of para-hydroxylation sites is 1. The van der Waals surface area contributed by atoms with E-state index in [-0.39, 0.29) is 5.78 Å². The van der Waals surface area contributed by atoms with Crippen LogP contribution in [0.3, 0.4) is 0 Å². The van der Waals surface area contributed by atoms with E-state index in [1.165, 1.54) is 0 Å². The van der Waals surface area contributed by atoms with Crippen molar-refractivity contribution in [1.29, 1.82) is 0 Å². The van der Waals surface area contributed by atoms with Crippen molar-refractivity contribution < 1.29 is 14.6 Å². The zero-order chi connectivity index (χ0) is 13.8. The van der Waals surface area contributed by atoms with Gasteiger partial charge in [-0.05, 0) is 18.1 Å². The molecule has 1 aromatic carbocycles. The van der Waals surface area contributed by atoms with E-state index in [2.05, 4.69) is 6.58 Å². The average Bonchev–Trinajstić information content (AvgIpc) is 2.77. The molecule has 19 heavy (non-hydrogen) atoms. The maximum Gasteiger partial charge on any atom is 0.187 e. The van der Waals surface area contributed by atoms with Crippen LogP contribution in [0.25, 0.3) is 6.08 Å². The van der Waals surface area contributed by atoms with E-state index in [1.54, 1.807) is 25.3 Å². The van der Waals surface area contributed by atoms with Crippen LogP contribution in [0.1, 0.15) is 12.0 Å². The van der Waals surface area contributed by atoms with Crippen LogP contribution in [0, 0.1) is 0 Å². The molecule has 0 aromatic heterocycles. The lowest BCUT2D eigenvalue weighted by atomic mass is 10.1. The first kappa shape index (κ1) is 13.3. The zero-order valence-corrected chi connectivity index (χ0v) is 10.8. The van der Waals surface area contributed by atoms with E-state index in [9.17, 15) is 9.90 Å². The molecular weight excluding hydrogens is 240 g/mol. The monoisotopic (exact) mass is 256 g/mol. The molecule has 3 heteroatoms. The van der Waals surface area contributed by atoms with Gasteiger partial charge in [0.25, 0.3) is 0 Å². The zero-order valence-electron chi connectivity index (χ0n) is 10.8. The molecule has 1 aliphatic carbocycles. The summed E-state index contributed by atoms with van der Waals surface area (Å²) in [5, 5.41) is 10.0. The smallest absolute Gasteiger partial charge is 0.187 e. The molecule has 0 aliphatic heterocycles. The number of aliphatic hydroxyl groups is 1. The molecule has 1 unspecified atom stereocenters. The Bertz CT molecular complexity index is 567. The van der Waals surface area contributed by atoms with Crippen LogP contribution < -0.4 is 4.74 Å². The second-order valence-electron chi connectivity index (χ2n) is 4.34. The topological polar surface area (TPSA) is 46.5 Å². The van der Waals surface area contributed by atoms with Gasteiger partial charge in [-0.2, -0.15) is 0 Å². The van der Waals surface area contributed by atoms with Gasteiger partial charge in [-0.25, -0.2) is 0 Å². The Morgan fingerprint density at radius 3 is 2.79 bits per heavy atom. The molecular formula is C16H16O3. The highest BCUT2D eigenvalue weighted by Gasteiger charge is 2.23. The number of carbonyl (C=O) groups excluding carboxylic acids is 1. The second kappa shape index (κ2) is 5.67. The summed E-state index contributed by atoms with van der Waals surface area (Å²) < 4.78 is 5.21. The Morgan fingerprint density at radius 1 is 1.42 bits per heavy atom. The van der Waals surface area contributed by atoms with Gasteiger partial charge in [0.15, 0.2) is 5.78 Å². The number of allylic oxidation sites excluding steroid dienone is 2. The van der Waals surface area contributed by atoms with E-state index < -0.39 is 6.10 Å². The molecule has 0 fully saturated rings. The number of hydrogen-bond acceptors (Lipinski definition) is 3. The Kier molecular flexibility index (Phi) is 3.97. The van der Waals surface area contributed by atoms with Gasteiger partial charge >= 0.3 is 0 Å². The van der Waals surface area contributed by atoms with Gasteiger partial charge in [0.2, 0.25) is 0 Å². The van der Waals surface area contributed by atoms with Crippen LogP contribution in [0.5, 0.6) is 5.75 Å². The van der Waals surface area contributed by atoms with Crippen LogP contribution in [0.2, 0.25) is 0 Å². The highest BCUT2D eigenvalue weighted by molar-refractivity contribution is 6.11. The molecule has 1 aliphatic rings. The van der Waals surface area contributed by atoms with Gasteiger partial charge in [-0.1, -0.05) is 43.0 Å². The molecule has 98 valence electrons. The van der Waals surface area contributed by atoms with Crippen LogP contribution in [-0.4, -0.2) is 24.1 Å². The third-order valence-corrected chi connectivity index (χ3v) is 3.07. The third kappa shape index (κ3) is 2.83. The molecule has 2 rings (SSSR count). The average molecular weight is 256 g/mol. The standard InChI is InChI=1S/C16H16O3/c1-11-7-9-13(16(11)18)14(17)10-8-12-5-3-4-6-15(12)19-2/h3-6,8-10,14,17H,1,7H2,2H3/b10-8+. The summed E-state index contributed by atoms with van der Waals surface area (Å²) in [5.74, 6) is 0.569. The summed E-state index contributed by atoms with van der Waals surface area (Å²) in [6.07, 6.45) is 4.67. The Labute approximate surface area is 112 Å². The number of Topliss-reactive ketones (excluding diaryl/α,β-unsaturated/α-hetero) is 1. The Morgan fingerprint density at radius 2 is 2.16 bits per heavy atom. The van der Waals surface area contributed by atoms with Crippen LogP contribution in [-0.2, 0) is 4.79 Å². The van der Waals surface area contributed by atoms with Gasteiger partial charge in [0.1, 0.15) is 11.9 Å². The van der Waals surface area contributed by atoms with E-state index >= 15 is 0 Å². The van der Waals surface area contributed by atoms with Gasteiger partial charge in [0, 0.05) is 11.1 Å². The molecule has 0 heterocycles. The molecule has 1 atom stereocenters. The van der Waals surface area contributed by atoms with Crippen LogP contribution in [0.4, 0.5) is 0 Å². The van der Waals surface area contributed by atoms with Crippen molar-refractivity contribution in [2.24, 2.45) is 0 Å². The fourth-order valence-electron chi connectivity index (χ4n) is 1.98. The molecule has 1 aromatic rings. The minimum absolute atomic E-state index is 0.155. The lowest BCUT2D eigenvalue weighted by Crippen LogP contribution is -2.12. The molecule has 0 saturated carbocycles. The molecule has 0 spiro atoms. The van der Waals surface area contributed by atoms with Crippen molar-refractivity contribution in [3.05, 3.63) is 59.7 Å². The Balaban J connectivity index is 2.15. The molecule has 0 saturated heterocycles. The van der Waals surface area contributed by atoms with E-state index in [0.717, 1.165) is 11.3 Å². The number of aliphatic hydroxyl groups excluding tert-OH is 1.